The summed E-state index contributed by atoms with van der Waals surface area (Å²) in [4.78, 5) is 15.8. The zero-order valence-electron chi connectivity index (χ0n) is 12.9. The first kappa shape index (κ1) is 16.0. The highest BCUT2D eigenvalue weighted by molar-refractivity contribution is 7.10. The van der Waals surface area contributed by atoms with Crippen LogP contribution < -0.4 is 10.6 Å². The van der Waals surface area contributed by atoms with E-state index in [0.717, 1.165) is 32.0 Å². The number of hydrogen-bond acceptors (Lipinski definition) is 4. The Morgan fingerprint density at radius 2 is 1.96 bits per heavy atom. The van der Waals surface area contributed by atoms with E-state index in [1.54, 1.807) is 11.3 Å². The number of nitrogens with zero attached hydrogens (tertiary/aromatic N) is 1. The summed E-state index contributed by atoms with van der Waals surface area (Å²) >= 11 is 1.73. The molecule has 0 spiro atoms. The van der Waals surface area contributed by atoms with E-state index in [9.17, 15) is 4.79 Å². The van der Waals surface area contributed by atoms with Crippen molar-refractivity contribution in [3.05, 3.63) is 52.7 Å². The van der Waals surface area contributed by atoms with Crippen LogP contribution in [0.2, 0.25) is 0 Å². The molecule has 23 heavy (non-hydrogen) atoms. The number of benzene rings is 1. The Balaban J connectivity index is 1.59. The number of hydrogen-bond donors (Lipinski definition) is 2. The van der Waals surface area contributed by atoms with Crippen LogP contribution >= 0.6 is 11.3 Å². The Morgan fingerprint density at radius 3 is 2.65 bits per heavy atom. The summed E-state index contributed by atoms with van der Waals surface area (Å²) in [6.07, 6.45) is 0. The molecular weight excluding hydrogens is 310 g/mol. The van der Waals surface area contributed by atoms with Crippen LogP contribution in [0, 0.1) is 0 Å². The van der Waals surface area contributed by atoms with Gasteiger partial charge in [-0.1, -0.05) is 24.3 Å². The van der Waals surface area contributed by atoms with Gasteiger partial charge >= 0.3 is 6.03 Å². The maximum absolute atomic E-state index is 12.1. The smallest absolute Gasteiger partial charge is 0.319 e. The predicted octanol–water partition coefficient (Wildman–Crippen LogP) is 2.94. The number of nitrogens with one attached hydrogen (secondary N) is 2. The first-order valence-electron chi connectivity index (χ1n) is 7.78. The molecular formula is C17H21N3O2S. The zero-order valence-corrected chi connectivity index (χ0v) is 13.7. The van der Waals surface area contributed by atoms with Gasteiger partial charge < -0.3 is 15.4 Å². The Morgan fingerprint density at radius 1 is 1.17 bits per heavy atom. The van der Waals surface area contributed by atoms with Crippen molar-refractivity contribution in [2.24, 2.45) is 0 Å². The molecule has 2 amide bonds. The van der Waals surface area contributed by atoms with E-state index < -0.39 is 0 Å². The third-order valence-corrected chi connectivity index (χ3v) is 4.82. The molecule has 1 aromatic heterocycles. The number of carbonyl (C=O) groups excluding carboxylic acids is 1. The monoisotopic (exact) mass is 331 g/mol. The van der Waals surface area contributed by atoms with Gasteiger partial charge in [-0.15, -0.1) is 11.3 Å². The van der Waals surface area contributed by atoms with E-state index in [1.165, 1.54) is 4.88 Å². The molecule has 0 saturated carbocycles. The Bertz CT molecular complexity index is 598. The van der Waals surface area contributed by atoms with Crippen LogP contribution in [0.3, 0.4) is 0 Å². The average molecular weight is 331 g/mol. The van der Waals surface area contributed by atoms with Gasteiger partial charge in [-0.3, -0.25) is 4.90 Å². The van der Waals surface area contributed by atoms with Gasteiger partial charge in [0.1, 0.15) is 0 Å². The molecule has 2 N–H and O–H groups in total. The molecule has 1 saturated heterocycles. The van der Waals surface area contributed by atoms with Gasteiger partial charge in [0.05, 0.1) is 19.3 Å². The summed E-state index contributed by atoms with van der Waals surface area (Å²) in [6, 6.07) is 13.7. The molecule has 0 aliphatic carbocycles. The highest BCUT2D eigenvalue weighted by Gasteiger charge is 2.23. The van der Waals surface area contributed by atoms with Crippen molar-refractivity contribution in [3.63, 3.8) is 0 Å². The molecule has 3 rings (SSSR count). The third-order valence-electron chi connectivity index (χ3n) is 3.85. The van der Waals surface area contributed by atoms with Crippen LogP contribution in [0.5, 0.6) is 0 Å². The fourth-order valence-corrected chi connectivity index (χ4v) is 3.53. The van der Waals surface area contributed by atoms with Crippen LogP contribution in [-0.2, 0) is 4.74 Å². The normalized spacial score (nSPS) is 16.7. The lowest BCUT2D eigenvalue weighted by molar-refractivity contribution is 0.0175. The lowest BCUT2D eigenvalue weighted by Gasteiger charge is -2.34. The summed E-state index contributed by atoms with van der Waals surface area (Å²) in [6.45, 7) is 3.87. The predicted molar refractivity (Wildman–Crippen MR) is 92.9 cm³/mol. The molecule has 1 atom stereocenters. The average Bonchev–Trinajstić information content (AvgIpc) is 3.11. The van der Waals surface area contributed by atoms with E-state index in [-0.39, 0.29) is 12.1 Å². The summed E-state index contributed by atoms with van der Waals surface area (Å²) < 4.78 is 5.43. The summed E-state index contributed by atoms with van der Waals surface area (Å²) in [5.74, 6) is 0. The molecule has 2 aromatic rings. The van der Waals surface area contributed by atoms with Crippen molar-refractivity contribution >= 4 is 23.1 Å². The summed E-state index contributed by atoms with van der Waals surface area (Å²) in [7, 11) is 0. The zero-order chi connectivity index (χ0) is 15.9. The van der Waals surface area contributed by atoms with Crippen LogP contribution in [0.1, 0.15) is 10.9 Å². The van der Waals surface area contributed by atoms with Crippen molar-refractivity contribution in [2.75, 3.05) is 38.2 Å². The van der Waals surface area contributed by atoms with Crippen molar-refractivity contribution in [1.29, 1.82) is 0 Å². The van der Waals surface area contributed by atoms with Gasteiger partial charge in [-0.2, -0.15) is 0 Å². The van der Waals surface area contributed by atoms with Gasteiger partial charge in [0, 0.05) is 30.2 Å². The largest absolute Gasteiger partial charge is 0.379 e. The number of thiophene rings is 1. The number of amides is 2. The third kappa shape index (κ3) is 4.54. The quantitative estimate of drug-likeness (QED) is 0.886. The van der Waals surface area contributed by atoms with E-state index in [2.05, 4.69) is 33.0 Å². The van der Waals surface area contributed by atoms with Crippen molar-refractivity contribution in [1.82, 2.24) is 10.2 Å². The second-order valence-corrected chi connectivity index (χ2v) is 6.36. The molecule has 1 unspecified atom stereocenters. The second-order valence-electron chi connectivity index (χ2n) is 5.38. The lowest BCUT2D eigenvalue weighted by atomic mass is 10.2. The Hall–Kier alpha value is -1.89. The van der Waals surface area contributed by atoms with E-state index in [1.807, 2.05) is 30.3 Å². The van der Waals surface area contributed by atoms with Gasteiger partial charge in [0.15, 0.2) is 0 Å². The summed E-state index contributed by atoms with van der Waals surface area (Å²) in [5, 5.41) is 7.92. The molecule has 6 heteroatoms. The number of rotatable bonds is 5. The van der Waals surface area contributed by atoms with E-state index >= 15 is 0 Å². The van der Waals surface area contributed by atoms with Crippen LogP contribution in [0.15, 0.2) is 47.8 Å². The van der Waals surface area contributed by atoms with E-state index in [0.29, 0.717) is 6.54 Å². The topological polar surface area (TPSA) is 53.6 Å². The maximum atomic E-state index is 12.1. The molecule has 1 aliphatic heterocycles. The molecule has 122 valence electrons. The van der Waals surface area contributed by atoms with Crippen LogP contribution in [0.25, 0.3) is 0 Å². The Labute approximate surface area is 140 Å². The van der Waals surface area contributed by atoms with Gasteiger partial charge in [-0.05, 0) is 23.6 Å². The number of carbonyl (C=O) groups is 1. The lowest BCUT2D eigenvalue weighted by Crippen LogP contribution is -2.44. The fraction of sp³-hybridized carbons (Fsp3) is 0.353. The van der Waals surface area contributed by atoms with Crippen molar-refractivity contribution in [2.45, 2.75) is 6.04 Å². The Kier molecular flexibility index (Phi) is 5.63. The first-order chi connectivity index (χ1) is 11.3. The number of anilines is 1. The standard InChI is InChI=1S/C17H21N3O2S/c21-17(19-14-5-2-1-3-6-14)18-13-15(16-7-4-12-23-16)20-8-10-22-11-9-20/h1-7,12,15H,8-11,13H2,(H2,18,19,21). The van der Waals surface area contributed by atoms with Gasteiger partial charge in [0.2, 0.25) is 0 Å². The second kappa shape index (κ2) is 8.10. The molecule has 0 radical (unpaired) electrons. The molecule has 1 aromatic carbocycles. The molecule has 1 fully saturated rings. The van der Waals surface area contributed by atoms with Crippen LogP contribution in [0.4, 0.5) is 10.5 Å². The highest BCUT2D eigenvalue weighted by Crippen LogP contribution is 2.25. The molecule has 2 heterocycles. The minimum atomic E-state index is -0.175. The number of para-hydroxylation sites is 1. The number of ether oxygens (including phenoxy) is 1. The molecule has 0 bridgehead atoms. The van der Waals surface area contributed by atoms with Crippen LogP contribution in [-0.4, -0.2) is 43.8 Å². The minimum absolute atomic E-state index is 0.175. The van der Waals surface area contributed by atoms with Crippen molar-refractivity contribution < 1.29 is 9.53 Å². The first-order valence-corrected chi connectivity index (χ1v) is 8.66. The van der Waals surface area contributed by atoms with E-state index in [4.69, 9.17) is 4.74 Å². The SMILES string of the molecule is O=C(NCC(c1cccs1)N1CCOCC1)Nc1ccccc1. The van der Waals surface area contributed by atoms with Gasteiger partial charge in [0.25, 0.3) is 0 Å². The molecule has 1 aliphatic rings. The maximum Gasteiger partial charge on any atom is 0.319 e. The number of morpholine rings is 1. The molecule has 5 nitrogen and oxygen atoms in total. The minimum Gasteiger partial charge on any atom is -0.379 e. The highest BCUT2D eigenvalue weighted by atomic mass is 32.1. The van der Waals surface area contributed by atoms with Crippen molar-refractivity contribution in [3.8, 4) is 0 Å². The fourth-order valence-electron chi connectivity index (χ4n) is 2.67. The number of urea groups is 1. The summed E-state index contributed by atoms with van der Waals surface area (Å²) in [5.41, 5.74) is 0.795. The van der Waals surface area contributed by atoms with Gasteiger partial charge in [-0.25, -0.2) is 4.79 Å².